The van der Waals surface area contributed by atoms with Crippen molar-refractivity contribution in [3.63, 3.8) is 0 Å². The number of nitrogens with zero attached hydrogens (tertiary/aromatic N) is 2. The molecule has 0 saturated heterocycles. The maximum absolute atomic E-state index is 6.02. The van der Waals surface area contributed by atoms with Gasteiger partial charge in [-0.1, -0.05) is 24.3 Å². The molecular weight excluding hydrogens is 427 g/mol. The first-order valence-corrected chi connectivity index (χ1v) is 8.23. The largest absolute Gasteiger partial charge is 0.497 e. The van der Waals surface area contributed by atoms with E-state index in [1.54, 1.807) is 7.11 Å². The number of rotatable bonds is 5. The zero-order chi connectivity index (χ0) is 16.9. The van der Waals surface area contributed by atoms with E-state index in [1.807, 2.05) is 24.3 Å². The molecule has 25 heavy (non-hydrogen) atoms. The van der Waals surface area contributed by atoms with Crippen molar-refractivity contribution in [2.45, 2.75) is 19.4 Å². The van der Waals surface area contributed by atoms with Gasteiger partial charge >= 0.3 is 0 Å². The molecule has 3 rings (SSSR count). The molecule has 1 unspecified atom stereocenters. The summed E-state index contributed by atoms with van der Waals surface area (Å²) in [5, 5.41) is 3.11. The number of nitrogens with one attached hydrogen (secondary N) is 1. The summed E-state index contributed by atoms with van der Waals surface area (Å²) in [6.07, 6.45) is 1.10. The van der Waals surface area contributed by atoms with Gasteiger partial charge in [0.25, 0.3) is 0 Å². The van der Waals surface area contributed by atoms with E-state index in [2.05, 4.69) is 46.4 Å². The van der Waals surface area contributed by atoms with Crippen LogP contribution in [0, 0.1) is 0 Å². The second-order valence-corrected chi connectivity index (χ2v) is 6.00. The number of para-hydroxylation sites is 1. The quantitative estimate of drug-likeness (QED) is 0.414. The number of halogens is 1. The lowest BCUT2D eigenvalue weighted by atomic mass is 10.2. The number of benzene rings is 2. The topological polar surface area (TPSA) is 62.9 Å². The van der Waals surface area contributed by atoms with Gasteiger partial charge in [0.15, 0.2) is 5.96 Å². The fourth-order valence-electron chi connectivity index (χ4n) is 3.04. The standard InChI is InChI=1S/C19H24N4O.HI/c1-14(23-11-10-15-6-3-4-9-18(15)23)13-21-19(20)22-16-7-5-8-17(12-16)24-2;/h3-9,12,14H,10-11,13H2,1-2H3,(H3,20,21,22);1H. The minimum absolute atomic E-state index is 0. The summed E-state index contributed by atoms with van der Waals surface area (Å²) < 4.78 is 5.21. The highest BCUT2D eigenvalue weighted by atomic mass is 127. The lowest BCUT2D eigenvalue weighted by Gasteiger charge is -2.26. The van der Waals surface area contributed by atoms with Crippen LogP contribution in [-0.2, 0) is 6.42 Å². The van der Waals surface area contributed by atoms with Gasteiger partial charge in [0.05, 0.1) is 13.7 Å². The SMILES string of the molecule is COc1cccc(NC(N)=NCC(C)N2CCc3ccccc32)c1.I. The van der Waals surface area contributed by atoms with Gasteiger partial charge in [-0.15, -0.1) is 24.0 Å². The number of aliphatic imine (C=N–C) groups is 1. The summed E-state index contributed by atoms with van der Waals surface area (Å²) in [5.74, 6) is 1.21. The molecule has 0 fully saturated rings. The molecule has 6 heteroatoms. The van der Waals surface area contributed by atoms with E-state index >= 15 is 0 Å². The Morgan fingerprint density at radius 2 is 2.08 bits per heavy atom. The molecule has 0 amide bonds. The van der Waals surface area contributed by atoms with Crippen LogP contribution in [0.25, 0.3) is 0 Å². The number of hydrogen-bond donors (Lipinski definition) is 2. The highest BCUT2D eigenvalue weighted by Gasteiger charge is 2.22. The predicted molar refractivity (Wildman–Crippen MR) is 115 cm³/mol. The molecule has 1 aliphatic rings. The van der Waals surface area contributed by atoms with Gasteiger partial charge in [-0.25, -0.2) is 0 Å². The average molecular weight is 452 g/mol. The normalized spacial score (nSPS) is 14.5. The predicted octanol–water partition coefficient (Wildman–Crippen LogP) is 3.49. The number of hydrogen-bond acceptors (Lipinski definition) is 3. The zero-order valence-electron chi connectivity index (χ0n) is 14.6. The van der Waals surface area contributed by atoms with Crippen molar-refractivity contribution in [1.82, 2.24) is 0 Å². The Morgan fingerprint density at radius 1 is 1.28 bits per heavy atom. The lowest BCUT2D eigenvalue weighted by Crippen LogP contribution is -2.35. The molecule has 1 aliphatic heterocycles. The first-order chi connectivity index (χ1) is 11.7. The Hall–Kier alpha value is -1.96. The fourth-order valence-corrected chi connectivity index (χ4v) is 3.04. The number of ether oxygens (including phenoxy) is 1. The highest BCUT2D eigenvalue weighted by Crippen LogP contribution is 2.29. The van der Waals surface area contributed by atoms with Gasteiger partial charge in [-0.3, -0.25) is 4.99 Å². The summed E-state index contributed by atoms with van der Waals surface area (Å²) in [5.41, 5.74) is 9.62. The van der Waals surface area contributed by atoms with Crippen LogP contribution in [0.5, 0.6) is 5.75 Å². The van der Waals surface area contributed by atoms with E-state index in [4.69, 9.17) is 10.5 Å². The third-order valence-electron chi connectivity index (χ3n) is 4.32. The molecule has 5 nitrogen and oxygen atoms in total. The van der Waals surface area contributed by atoms with Crippen molar-refractivity contribution < 1.29 is 4.74 Å². The van der Waals surface area contributed by atoms with Gasteiger partial charge in [0.1, 0.15) is 5.75 Å². The first kappa shape index (κ1) is 19.4. The van der Waals surface area contributed by atoms with E-state index in [9.17, 15) is 0 Å². The van der Waals surface area contributed by atoms with Crippen LogP contribution >= 0.6 is 24.0 Å². The van der Waals surface area contributed by atoms with Crippen LogP contribution in [-0.4, -0.2) is 32.2 Å². The Labute approximate surface area is 166 Å². The van der Waals surface area contributed by atoms with Crippen LogP contribution in [0.1, 0.15) is 12.5 Å². The van der Waals surface area contributed by atoms with Crippen LogP contribution in [0.15, 0.2) is 53.5 Å². The maximum Gasteiger partial charge on any atom is 0.193 e. The van der Waals surface area contributed by atoms with Gasteiger partial charge in [0.2, 0.25) is 0 Å². The van der Waals surface area contributed by atoms with Crippen molar-refractivity contribution in [3.8, 4) is 5.75 Å². The van der Waals surface area contributed by atoms with Crippen LogP contribution < -0.4 is 20.7 Å². The molecule has 1 atom stereocenters. The monoisotopic (exact) mass is 452 g/mol. The van der Waals surface area contributed by atoms with E-state index in [0.717, 1.165) is 24.4 Å². The Balaban J connectivity index is 0.00000225. The van der Waals surface area contributed by atoms with E-state index in [-0.39, 0.29) is 24.0 Å². The summed E-state index contributed by atoms with van der Waals surface area (Å²) in [6, 6.07) is 16.5. The molecule has 0 spiro atoms. The summed E-state index contributed by atoms with van der Waals surface area (Å²) in [7, 11) is 1.64. The summed E-state index contributed by atoms with van der Waals surface area (Å²) >= 11 is 0. The summed E-state index contributed by atoms with van der Waals surface area (Å²) in [4.78, 5) is 6.89. The molecule has 2 aromatic rings. The average Bonchev–Trinajstić information content (AvgIpc) is 3.04. The second kappa shape index (κ2) is 8.94. The molecule has 0 bridgehead atoms. The van der Waals surface area contributed by atoms with E-state index in [1.165, 1.54) is 11.3 Å². The van der Waals surface area contributed by atoms with Crippen molar-refractivity contribution >= 4 is 41.3 Å². The Bertz CT molecular complexity index is 735. The molecule has 2 aromatic carbocycles. The van der Waals surface area contributed by atoms with E-state index in [0.29, 0.717) is 18.5 Å². The van der Waals surface area contributed by atoms with Gasteiger partial charge < -0.3 is 20.7 Å². The molecule has 0 aliphatic carbocycles. The molecule has 0 aromatic heterocycles. The third kappa shape index (κ3) is 4.78. The van der Waals surface area contributed by atoms with Crippen molar-refractivity contribution in [1.29, 1.82) is 0 Å². The molecule has 0 radical (unpaired) electrons. The molecule has 1 heterocycles. The van der Waals surface area contributed by atoms with Crippen LogP contribution in [0.3, 0.4) is 0 Å². The van der Waals surface area contributed by atoms with Crippen molar-refractivity contribution in [2.24, 2.45) is 10.7 Å². The zero-order valence-corrected chi connectivity index (χ0v) is 16.9. The Kier molecular flexibility index (Phi) is 6.92. The molecule has 3 N–H and O–H groups in total. The van der Waals surface area contributed by atoms with Crippen LogP contribution in [0.2, 0.25) is 0 Å². The van der Waals surface area contributed by atoms with Gasteiger partial charge in [-0.2, -0.15) is 0 Å². The number of nitrogens with two attached hydrogens (primary N) is 1. The maximum atomic E-state index is 6.02. The molecule has 134 valence electrons. The number of fused-ring (bicyclic) bond motifs is 1. The Morgan fingerprint density at radius 3 is 2.88 bits per heavy atom. The van der Waals surface area contributed by atoms with Crippen LogP contribution in [0.4, 0.5) is 11.4 Å². The minimum atomic E-state index is 0. The second-order valence-electron chi connectivity index (χ2n) is 6.00. The molecule has 0 saturated carbocycles. The van der Waals surface area contributed by atoms with Crippen molar-refractivity contribution in [2.75, 3.05) is 30.4 Å². The smallest absolute Gasteiger partial charge is 0.193 e. The van der Waals surface area contributed by atoms with Gasteiger partial charge in [-0.05, 0) is 37.1 Å². The lowest BCUT2D eigenvalue weighted by molar-refractivity contribution is 0.415. The first-order valence-electron chi connectivity index (χ1n) is 8.23. The third-order valence-corrected chi connectivity index (χ3v) is 4.32. The number of methoxy groups -OCH3 is 1. The summed E-state index contributed by atoms with van der Waals surface area (Å²) in [6.45, 7) is 3.88. The number of anilines is 2. The van der Waals surface area contributed by atoms with Crippen molar-refractivity contribution in [3.05, 3.63) is 54.1 Å². The van der Waals surface area contributed by atoms with Gasteiger partial charge in [0, 0.05) is 30.0 Å². The molecular formula is C19H25IN4O. The minimum Gasteiger partial charge on any atom is -0.497 e. The number of guanidine groups is 1. The van der Waals surface area contributed by atoms with E-state index < -0.39 is 0 Å². The fraction of sp³-hybridized carbons (Fsp3) is 0.316. The highest BCUT2D eigenvalue weighted by molar-refractivity contribution is 14.0.